The van der Waals surface area contributed by atoms with Crippen LogP contribution in [0.25, 0.3) is 0 Å². The summed E-state index contributed by atoms with van der Waals surface area (Å²) in [5.41, 5.74) is 3.78. The maximum atomic E-state index is 5.61. The van der Waals surface area contributed by atoms with Crippen LogP contribution in [-0.2, 0) is 6.42 Å². The molecule has 0 amide bonds. The molecular weight excluding hydrogens is 250 g/mol. The summed E-state index contributed by atoms with van der Waals surface area (Å²) in [4.78, 5) is 11.7. The minimum atomic E-state index is 0.609. The highest BCUT2D eigenvalue weighted by Gasteiger charge is 2.25. The molecule has 5 nitrogen and oxygen atoms in total. The van der Waals surface area contributed by atoms with Gasteiger partial charge in [0.2, 0.25) is 0 Å². The van der Waals surface area contributed by atoms with Crippen molar-refractivity contribution in [2.24, 2.45) is 5.84 Å². The van der Waals surface area contributed by atoms with Crippen LogP contribution in [0, 0.1) is 6.92 Å². The number of aryl methyl sites for hydroxylation is 1. The molecule has 0 spiro atoms. The number of rotatable bonds is 5. The molecule has 0 aliphatic carbocycles. The quantitative estimate of drug-likeness (QED) is 0.640. The highest BCUT2D eigenvalue weighted by atomic mass is 15.3. The Balaban J connectivity index is 2.38. The van der Waals surface area contributed by atoms with Crippen molar-refractivity contribution in [1.29, 1.82) is 0 Å². The number of nitrogens with one attached hydrogen (secondary N) is 1. The maximum absolute atomic E-state index is 5.61. The molecule has 1 saturated heterocycles. The number of hydrogen-bond acceptors (Lipinski definition) is 5. The van der Waals surface area contributed by atoms with E-state index in [1.165, 1.54) is 32.1 Å². The van der Waals surface area contributed by atoms with Crippen molar-refractivity contribution < 1.29 is 0 Å². The summed E-state index contributed by atoms with van der Waals surface area (Å²) >= 11 is 0. The van der Waals surface area contributed by atoms with E-state index in [2.05, 4.69) is 36.1 Å². The van der Waals surface area contributed by atoms with Gasteiger partial charge in [-0.2, -0.15) is 0 Å². The first-order chi connectivity index (χ1) is 9.71. The third-order valence-corrected chi connectivity index (χ3v) is 4.14. The second kappa shape index (κ2) is 6.88. The molecule has 0 saturated carbocycles. The van der Waals surface area contributed by atoms with Crippen molar-refractivity contribution in [3.05, 3.63) is 11.4 Å². The van der Waals surface area contributed by atoms with Crippen LogP contribution in [0.5, 0.6) is 0 Å². The molecule has 3 N–H and O–H groups in total. The zero-order valence-electron chi connectivity index (χ0n) is 12.9. The Hall–Kier alpha value is -1.36. The summed E-state index contributed by atoms with van der Waals surface area (Å²) in [6.07, 6.45) is 7.12. The van der Waals surface area contributed by atoms with Gasteiger partial charge in [0.15, 0.2) is 0 Å². The number of nitrogens with zero attached hydrogens (tertiary/aromatic N) is 3. The number of aromatic nitrogens is 2. The smallest absolute Gasteiger partial charge is 0.148 e. The predicted molar refractivity (Wildman–Crippen MR) is 83.9 cm³/mol. The first-order valence-corrected chi connectivity index (χ1v) is 7.82. The number of hydrazine groups is 1. The molecular formula is C15H27N5. The molecule has 2 heterocycles. The zero-order valence-corrected chi connectivity index (χ0v) is 12.9. The van der Waals surface area contributed by atoms with Crippen molar-refractivity contribution in [2.45, 2.75) is 65.3 Å². The first kappa shape index (κ1) is 15.0. The lowest BCUT2D eigenvalue weighted by Crippen LogP contribution is -2.40. The molecule has 1 atom stereocenters. The van der Waals surface area contributed by atoms with E-state index in [-0.39, 0.29) is 0 Å². The number of hydrogen-bond donors (Lipinski definition) is 2. The van der Waals surface area contributed by atoms with E-state index in [4.69, 9.17) is 10.8 Å². The Kier molecular flexibility index (Phi) is 5.17. The molecule has 5 heteroatoms. The monoisotopic (exact) mass is 277 g/mol. The van der Waals surface area contributed by atoms with E-state index < -0.39 is 0 Å². The van der Waals surface area contributed by atoms with Gasteiger partial charge >= 0.3 is 0 Å². The molecule has 1 aromatic rings. The fraction of sp³-hybridized carbons (Fsp3) is 0.733. The Morgan fingerprint density at radius 1 is 1.30 bits per heavy atom. The average molecular weight is 277 g/mol. The first-order valence-electron chi connectivity index (χ1n) is 7.82. The third-order valence-electron chi connectivity index (χ3n) is 4.14. The summed E-state index contributed by atoms with van der Waals surface area (Å²) in [7, 11) is 0. The Labute approximate surface area is 121 Å². The Morgan fingerprint density at radius 3 is 2.75 bits per heavy atom. The SMILES string of the molecule is CCCC1CCCCN1c1nc(CC)nc(NN)c1C. The van der Waals surface area contributed by atoms with Crippen molar-refractivity contribution in [2.75, 3.05) is 16.9 Å². The predicted octanol–water partition coefficient (Wildman–Crippen LogP) is 2.79. The van der Waals surface area contributed by atoms with Crippen LogP contribution in [0.4, 0.5) is 11.6 Å². The summed E-state index contributed by atoms with van der Waals surface area (Å²) in [6, 6.07) is 0.609. The van der Waals surface area contributed by atoms with E-state index >= 15 is 0 Å². The fourth-order valence-corrected chi connectivity index (χ4v) is 3.04. The van der Waals surface area contributed by atoms with Gasteiger partial charge in [0.25, 0.3) is 0 Å². The van der Waals surface area contributed by atoms with E-state index in [0.717, 1.165) is 36.0 Å². The lowest BCUT2D eigenvalue weighted by Gasteiger charge is -2.37. The molecule has 1 fully saturated rings. The van der Waals surface area contributed by atoms with E-state index in [0.29, 0.717) is 6.04 Å². The van der Waals surface area contributed by atoms with Crippen LogP contribution >= 0.6 is 0 Å². The highest BCUT2D eigenvalue weighted by molar-refractivity contribution is 5.59. The van der Waals surface area contributed by atoms with Crippen LogP contribution in [0.2, 0.25) is 0 Å². The van der Waals surface area contributed by atoms with Gasteiger partial charge in [0.1, 0.15) is 17.5 Å². The van der Waals surface area contributed by atoms with Gasteiger partial charge < -0.3 is 10.3 Å². The van der Waals surface area contributed by atoms with Crippen molar-refractivity contribution in [3.63, 3.8) is 0 Å². The van der Waals surface area contributed by atoms with Crippen molar-refractivity contribution in [1.82, 2.24) is 9.97 Å². The van der Waals surface area contributed by atoms with Crippen LogP contribution in [-0.4, -0.2) is 22.6 Å². The van der Waals surface area contributed by atoms with Gasteiger partial charge in [-0.3, -0.25) is 0 Å². The molecule has 1 aromatic heterocycles. The summed E-state index contributed by atoms with van der Waals surface area (Å²) in [5, 5.41) is 0. The van der Waals surface area contributed by atoms with Crippen LogP contribution < -0.4 is 16.2 Å². The van der Waals surface area contributed by atoms with Gasteiger partial charge in [-0.15, -0.1) is 0 Å². The summed E-state index contributed by atoms with van der Waals surface area (Å²) in [6.45, 7) is 7.48. The van der Waals surface area contributed by atoms with Gasteiger partial charge in [-0.1, -0.05) is 20.3 Å². The minimum absolute atomic E-state index is 0.609. The van der Waals surface area contributed by atoms with Crippen LogP contribution in [0.15, 0.2) is 0 Å². The molecule has 0 radical (unpaired) electrons. The lowest BCUT2D eigenvalue weighted by molar-refractivity contribution is 0.430. The number of nitrogen functional groups attached to an aromatic ring is 1. The largest absolute Gasteiger partial charge is 0.353 e. The summed E-state index contributed by atoms with van der Waals surface area (Å²) < 4.78 is 0. The lowest BCUT2D eigenvalue weighted by atomic mass is 9.98. The maximum Gasteiger partial charge on any atom is 0.148 e. The van der Waals surface area contributed by atoms with Gasteiger partial charge in [0.05, 0.1) is 0 Å². The number of anilines is 2. The molecule has 1 aliphatic heterocycles. The van der Waals surface area contributed by atoms with Gasteiger partial charge in [0, 0.05) is 24.6 Å². The highest BCUT2D eigenvalue weighted by Crippen LogP contribution is 2.30. The normalized spacial score (nSPS) is 19.2. The van der Waals surface area contributed by atoms with Gasteiger partial charge in [-0.05, 0) is 32.6 Å². The minimum Gasteiger partial charge on any atom is -0.353 e. The fourth-order valence-electron chi connectivity index (χ4n) is 3.04. The number of piperidine rings is 1. The zero-order chi connectivity index (χ0) is 14.5. The molecule has 0 bridgehead atoms. The van der Waals surface area contributed by atoms with Crippen LogP contribution in [0.3, 0.4) is 0 Å². The van der Waals surface area contributed by atoms with E-state index in [9.17, 15) is 0 Å². The van der Waals surface area contributed by atoms with Crippen LogP contribution in [0.1, 0.15) is 57.3 Å². The van der Waals surface area contributed by atoms with E-state index in [1.54, 1.807) is 0 Å². The topological polar surface area (TPSA) is 67.1 Å². The second-order valence-corrected chi connectivity index (χ2v) is 5.57. The van der Waals surface area contributed by atoms with Crippen molar-refractivity contribution >= 4 is 11.6 Å². The molecule has 2 rings (SSSR count). The molecule has 0 aromatic carbocycles. The molecule has 112 valence electrons. The molecule has 20 heavy (non-hydrogen) atoms. The Bertz CT molecular complexity index is 444. The van der Waals surface area contributed by atoms with E-state index in [1.807, 2.05) is 0 Å². The van der Waals surface area contributed by atoms with Gasteiger partial charge in [-0.25, -0.2) is 15.8 Å². The summed E-state index contributed by atoms with van der Waals surface area (Å²) in [5.74, 6) is 8.30. The van der Waals surface area contributed by atoms with Crippen molar-refractivity contribution in [3.8, 4) is 0 Å². The second-order valence-electron chi connectivity index (χ2n) is 5.57. The average Bonchev–Trinajstić information content (AvgIpc) is 2.49. The molecule has 1 aliphatic rings. The number of nitrogens with two attached hydrogens (primary N) is 1. The Morgan fingerprint density at radius 2 is 2.10 bits per heavy atom. The molecule has 1 unspecified atom stereocenters. The third kappa shape index (κ3) is 3.03. The standard InChI is InChI=1S/C15H27N5/c1-4-8-12-9-6-7-10-20(12)15-11(3)14(19-16)17-13(5-2)18-15/h12H,4-10,16H2,1-3H3,(H,17,18,19).